The molecule has 0 saturated heterocycles. The van der Waals surface area contributed by atoms with E-state index in [0.717, 1.165) is 22.5 Å². The second-order valence-corrected chi connectivity index (χ2v) is 4.23. The highest BCUT2D eigenvalue weighted by Crippen LogP contribution is 2.23. The van der Waals surface area contributed by atoms with Gasteiger partial charge in [0, 0.05) is 11.3 Å². The fraction of sp³-hybridized carbons (Fsp3) is 0.0714. The molecule has 0 bridgehead atoms. The Labute approximate surface area is 110 Å². The zero-order chi connectivity index (χ0) is 13.2. The van der Waals surface area contributed by atoms with Crippen molar-refractivity contribution in [2.24, 2.45) is 0 Å². The fourth-order valence-electron chi connectivity index (χ4n) is 2.01. The van der Waals surface area contributed by atoms with E-state index in [9.17, 15) is 0 Å². The van der Waals surface area contributed by atoms with Gasteiger partial charge in [0.1, 0.15) is 5.82 Å². The van der Waals surface area contributed by atoms with Gasteiger partial charge in [-0.3, -0.25) is 0 Å². The first-order valence-electron chi connectivity index (χ1n) is 5.94. The first-order chi connectivity index (χ1) is 9.24. The average Bonchev–Trinajstić information content (AvgIpc) is 2.93. The van der Waals surface area contributed by atoms with Gasteiger partial charge < -0.3 is 5.73 Å². The first kappa shape index (κ1) is 11.4. The molecule has 3 rings (SSSR count). The summed E-state index contributed by atoms with van der Waals surface area (Å²) in [6.45, 7) is 1.95. The molecule has 2 N–H and O–H groups in total. The largest absolute Gasteiger partial charge is 0.384 e. The van der Waals surface area contributed by atoms with Gasteiger partial charge in [-0.15, -0.1) is 0 Å². The lowest BCUT2D eigenvalue weighted by Gasteiger charge is -2.07. The van der Waals surface area contributed by atoms with Crippen LogP contribution in [-0.2, 0) is 0 Å². The van der Waals surface area contributed by atoms with Crippen LogP contribution in [0.1, 0.15) is 5.69 Å². The van der Waals surface area contributed by atoms with Crippen LogP contribution in [0.15, 0.2) is 48.8 Å². The molecule has 0 fully saturated rings. The third-order valence-corrected chi connectivity index (χ3v) is 2.94. The van der Waals surface area contributed by atoms with Crippen molar-refractivity contribution in [3.05, 3.63) is 54.5 Å². The minimum Gasteiger partial charge on any atom is -0.384 e. The van der Waals surface area contributed by atoms with Gasteiger partial charge in [0.05, 0.1) is 18.1 Å². The SMILES string of the molecule is Cc1nc(N)ccc1-c1ccc(-n2nccn2)cc1. The van der Waals surface area contributed by atoms with Crippen molar-refractivity contribution in [2.45, 2.75) is 6.92 Å². The van der Waals surface area contributed by atoms with Crippen LogP contribution in [0.25, 0.3) is 16.8 Å². The summed E-state index contributed by atoms with van der Waals surface area (Å²) in [6.07, 6.45) is 3.31. The molecule has 0 saturated carbocycles. The third kappa shape index (κ3) is 2.18. The smallest absolute Gasteiger partial charge is 0.123 e. The van der Waals surface area contributed by atoms with E-state index in [1.807, 2.05) is 43.3 Å². The monoisotopic (exact) mass is 251 g/mol. The molecule has 5 heteroatoms. The number of nitrogens with zero attached hydrogens (tertiary/aromatic N) is 4. The predicted octanol–water partition coefficient (Wildman–Crippen LogP) is 2.22. The van der Waals surface area contributed by atoms with Gasteiger partial charge in [-0.1, -0.05) is 12.1 Å². The number of hydrogen-bond donors (Lipinski definition) is 1. The molecule has 2 heterocycles. The molecule has 0 aliphatic rings. The normalized spacial score (nSPS) is 10.6. The molecule has 94 valence electrons. The van der Waals surface area contributed by atoms with Gasteiger partial charge in [-0.05, 0) is 36.8 Å². The molecule has 0 aliphatic carbocycles. The molecule has 5 nitrogen and oxygen atoms in total. The molecular formula is C14H13N5. The number of aromatic nitrogens is 4. The number of nitrogen functional groups attached to an aromatic ring is 1. The quantitative estimate of drug-likeness (QED) is 0.758. The van der Waals surface area contributed by atoms with Crippen molar-refractivity contribution in [3.63, 3.8) is 0 Å². The van der Waals surface area contributed by atoms with Crippen molar-refractivity contribution < 1.29 is 0 Å². The van der Waals surface area contributed by atoms with Crippen LogP contribution in [0.3, 0.4) is 0 Å². The Balaban J connectivity index is 1.98. The van der Waals surface area contributed by atoms with Gasteiger partial charge >= 0.3 is 0 Å². The molecule has 0 radical (unpaired) electrons. The molecule has 0 spiro atoms. The van der Waals surface area contributed by atoms with E-state index in [1.54, 1.807) is 17.2 Å². The molecule has 1 aromatic carbocycles. The van der Waals surface area contributed by atoms with Gasteiger partial charge in [-0.2, -0.15) is 15.0 Å². The number of hydrogen-bond acceptors (Lipinski definition) is 4. The summed E-state index contributed by atoms with van der Waals surface area (Å²) in [6, 6.07) is 11.8. The number of aryl methyl sites for hydroxylation is 1. The van der Waals surface area contributed by atoms with Crippen molar-refractivity contribution >= 4 is 5.82 Å². The topological polar surface area (TPSA) is 69.6 Å². The Morgan fingerprint density at radius 2 is 1.63 bits per heavy atom. The number of anilines is 1. The standard InChI is InChI=1S/C14H13N5/c1-10-13(6-7-14(15)18-10)11-2-4-12(5-3-11)19-16-8-9-17-19/h2-9H,1H3,(H2,15,18). The van der Waals surface area contributed by atoms with Gasteiger partial charge in [0.25, 0.3) is 0 Å². The predicted molar refractivity (Wildman–Crippen MR) is 73.7 cm³/mol. The van der Waals surface area contributed by atoms with E-state index in [-0.39, 0.29) is 0 Å². The van der Waals surface area contributed by atoms with Crippen LogP contribution >= 0.6 is 0 Å². The highest BCUT2D eigenvalue weighted by molar-refractivity contribution is 5.67. The lowest BCUT2D eigenvalue weighted by atomic mass is 10.0. The van der Waals surface area contributed by atoms with E-state index in [4.69, 9.17) is 5.73 Å². The Bertz CT molecular complexity index is 686. The zero-order valence-electron chi connectivity index (χ0n) is 10.5. The minimum absolute atomic E-state index is 0.540. The van der Waals surface area contributed by atoms with E-state index in [0.29, 0.717) is 5.82 Å². The van der Waals surface area contributed by atoms with E-state index in [2.05, 4.69) is 15.2 Å². The Morgan fingerprint density at radius 1 is 0.947 bits per heavy atom. The van der Waals surface area contributed by atoms with Crippen molar-refractivity contribution in [2.75, 3.05) is 5.73 Å². The maximum atomic E-state index is 5.66. The summed E-state index contributed by atoms with van der Waals surface area (Å²) < 4.78 is 0. The van der Waals surface area contributed by atoms with Gasteiger partial charge in [0.15, 0.2) is 0 Å². The molecule has 0 amide bonds. The number of benzene rings is 1. The molecule has 0 aliphatic heterocycles. The van der Waals surface area contributed by atoms with Crippen LogP contribution in [0.5, 0.6) is 0 Å². The van der Waals surface area contributed by atoms with E-state index in [1.165, 1.54) is 0 Å². The van der Waals surface area contributed by atoms with Gasteiger partial charge in [-0.25, -0.2) is 4.98 Å². The Kier molecular flexibility index (Phi) is 2.72. The number of nitrogens with two attached hydrogens (primary N) is 1. The van der Waals surface area contributed by atoms with Crippen LogP contribution in [0.4, 0.5) is 5.82 Å². The summed E-state index contributed by atoms with van der Waals surface area (Å²) in [7, 11) is 0. The van der Waals surface area contributed by atoms with Crippen molar-refractivity contribution in [1.82, 2.24) is 20.0 Å². The summed E-state index contributed by atoms with van der Waals surface area (Å²) in [5.41, 5.74) is 9.69. The highest BCUT2D eigenvalue weighted by Gasteiger charge is 2.04. The third-order valence-electron chi connectivity index (χ3n) is 2.94. The molecule has 3 aromatic rings. The molecule has 2 aromatic heterocycles. The molecule has 19 heavy (non-hydrogen) atoms. The summed E-state index contributed by atoms with van der Waals surface area (Å²) in [5, 5.41) is 8.19. The van der Waals surface area contributed by atoms with E-state index >= 15 is 0 Å². The lowest BCUT2D eigenvalue weighted by Crippen LogP contribution is -1.98. The van der Waals surface area contributed by atoms with Gasteiger partial charge in [0.2, 0.25) is 0 Å². The van der Waals surface area contributed by atoms with Crippen molar-refractivity contribution in [3.8, 4) is 16.8 Å². The fourth-order valence-corrected chi connectivity index (χ4v) is 2.01. The Morgan fingerprint density at radius 3 is 2.26 bits per heavy atom. The number of rotatable bonds is 2. The lowest BCUT2D eigenvalue weighted by molar-refractivity contribution is 0.752. The van der Waals surface area contributed by atoms with Crippen LogP contribution < -0.4 is 5.73 Å². The van der Waals surface area contributed by atoms with E-state index < -0.39 is 0 Å². The molecular weight excluding hydrogens is 238 g/mol. The van der Waals surface area contributed by atoms with Crippen LogP contribution in [0, 0.1) is 6.92 Å². The molecule has 0 unspecified atom stereocenters. The summed E-state index contributed by atoms with van der Waals surface area (Å²) >= 11 is 0. The summed E-state index contributed by atoms with van der Waals surface area (Å²) in [4.78, 5) is 5.85. The maximum absolute atomic E-state index is 5.66. The second kappa shape index (κ2) is 4.53. The minimum atomic E-state index is 0.540. The number of pyridine rings is 1. The first-order valence-corrected chi connectivity index (χ1v) is 5.94. The highest BCUT2D eigenvalue weighted by atomic mass is 15.5. The molecule has 0 atom stereocenters. The van der Waals surface area contributed by atoms with Crippen LogP contribution in [0.2, 0.25) is 0 Å². The zero-order valence-corrected chi connectivity index (χ0v) is 10.5. The Hall–Kier alpha value is -2.69. The summed E-state index contributed by atoms with van der Waals surface area (Å²) in [5.74, 6) is 0.540. The maximum Gasteiger partial charge on any atom is 0.123 e. The van der Waals surface area contributed by atoms with Crippen molar-refractivity contribution in [1.29, 1.82) is 0 Å². The van der Waals surface area contributed by atoms with Crippen LogP contribution in [-0.4, -0.2) is 20.0 Å². The second-order valence-electron chi connectivity index (χ2n) is 4.23. The average molecular weight is 251 g/mol.